The van der Waals surface area contributed by atoms with Crippen LogP contribution >= 0.6 is 0 Å². The van der Waals surface area contributed by atoms with Crippen molar-refractivity contribution in [1.82, 2.24) is 5.32 Å². The number of nitrogens with one attached hydrogen (secondary N) is 1. The first-order valence-corrected chi connectivity index (χ1v) is 8.18. The predicted molar refractivity (Wildman–Crippen MR) is 95.8 cm³/mol. The van der Waals surface area contributed by atoms with Crippen molar-refractivity contribution in [2.75, 3.05) is 6.61 Å². The summed E-state index contributed by atoms with van der Waals surface area (Å²) in [6, 6.07) is 14.3. The molecule has 0 fully saturated rings. The van der Waals surface area contributed by atoms with Crippen molar-refractivity contribution >= 4 is 12.1 Å². The summed E-state index contributed by atoms with van der Waals surface area (Å²) in [5.41, 5.74) is 4.31. The number of fused-ring (bicyclic) bond motifs is 3. The molecule has 0 bridgehead atoms. The Labute approximate surface area is 150 Å². The van der Waals surface area contributed by atoms with Gasteiger partial charge in [-0.25, -0.2) is 9.59 Å². The number of aliphatic hydroxyl groups is 1. The summed E-state index contributed by atoms with van der Waals surface area (Å²) >= 11 is 0. The Kier molecular flexibility index (Phi) is 5.04. The molecule has 0 radical (unpaired) electrons. The third-order valence-electron chi connectivity index (χ3n) is 4.47. The quantitative estimate of drug-likeness (QED) is 0.694. The number of rotatable bonds is 6. The van der Waals surface area contributed by atoms with Crippen molar-refractivity contribution in [1.29, 1.82) is 0 Å². The van der Waals surface area contributed by atoms with E-state index in [-0.39, 0.29) is 12.5 Å². The number of carbonyl (C=O) groups excluding carboxylic acids is 1. The number of hydrogen-bond donors (Lipinski definition) is 3. The summed E-state index contributed by atoms with van der Waals surface area (Å²) in [7, 11) is 0. The van der Waals surface area contributed by atoms with Crippen molar-refractivity contribution < 1.29 is 24.5 Å². The molecule has 0 spiro atoms. The van der Waals surface area contributed by atoms with Gasteiger partial charge in [0.25, 0.3) is 0 Å². The van der Waals surface area contributed by atoms with Crippen LogP contribution in [-0.2, 0) is 9.53 Å². The second kappa shape index (κ2) is 7.41. The van der Waals surface area contributed by atoms with Gasteiger partial charge >= 0.3 is 12.1 Å². The van der Waals surface area contributed by atoms with Crippen LogP contribution in [0.4, 0.5) is 4.79 Å². The van der Waals surface area contributed by atoms with Crippen molar-refractivity contribution in [3.8, 4) is 11.1 Å². The van der Waals surface area contributed by atoms with E-state index in [4.69, 9.17) is 9.84 Å². The van der Waals surface area contributed by atoms with Gasteiger partial charge in [-0.15, -0.1) is 6.58 Å². The van der Waals surface area contributed by atoms with Crippen LogP contribution in [0.5, 0.6) is 0 Å². The lowest BCUT2D eigenvalue weighted by molar-refractivity contribution is -0.141. The number of ether oxygens (including phenoxy) is 1. The normalized spacial score (nSPS) is 14.7. The molecule has 26 heavy (non-hydrogen) atoms. The molecular formula is C20H19NO5. The van der Waals surface area contributed by atoms with E-state index in [1.165, 1.54) is 0 Å². The van der Waals surface area contributed by atoms with Crippen LogP contribution in [0.15, 0.2) is 61.2 Å². The average molecular weight is 353 g/mol. The van der Waals surface area contributed by atoms with Gasteiger partial charge in [-0.2, -0.15) is 0 Å². The molecule has 0 aromatic heterocycles. The number of carboxylic acid groups (broad SMARTS) is 1. The number of hydrogen-bond acceptors (Lipinski definition) is 4. The van der Waals surface area contributed by atoms with Crippen LogP contribution in [0, 0.1) is 0 Å². The highest BCUT2D eigenvalue weighted by molar-refractivity contribution is 5.81. The van der Waals surface area contributed by atoms with Gasteiger partial charge in [0, 0.05) is 5.92 Å². The Bertz CT molecular complexity index is 802. The topological polar surface area (TPSA) is 95.9 Å². The van der Waals surface area contributed by atoms with E-state index in [2.05, 4.69) is 11.9 Å². The lowest BCUT2D eigenvalue weighted by Gasteiger charge is -2.19. The molecule has 3 N–H and O–H groups in total. The van der Waals surface area contributed by atoms with Crippen molar-refractivity contribution in [2.24, 2.45) is 0 Å². The monoisotopic (exact) mass is 353 g/mol. The van der Waals surface area contributed by atoms with Gasteiger partial charge in [-0.05, 0) is 22.3 Å². The molecule has 1 aliphatic rings. The summed E-state index contributed by atoms with van der Waals surface area (Å²) in [6.45, 7) is 3.39. The number of aliphatic carboxylic acids is 1. The Balaban J connectivity index is 1.73. The third kappa shape index (κ3) is 3.32. The molecule has 0 heterocycles. The fourth-order valence-electron chi connectivity index (χ4n) is 3.20. The molecule has 0 aliphatic heterocycles. The van der Waals surface area contributed by atoms with Crippen LogP contribution in [0.25, 0.3) is 11.1 Å². The number of benzene rings is 2. The summed E-state index contributed by atoms with van der Waals surface area (Å²) in [4.78, 5) is 23.2. The zero-order chi connectivity index (χ0) is 18.7. The zero-order valence-electron chi connectivity index (χ0n) is 14.0. The first kappa shape index (κ1) is 17.7. The molecule has 1 aliphatic carbocycles. The minimum atomic E-state index is -1.51. The molecule has 2 aromatic carbocycles. The van der Waals surface area contributed by atoms with Gasteiger partial charge in [0.1, 0.15) is 12.7 Å². The van der Waals surface area contributed by atoms with Crippen LogP contribution in [0.2, 0.25) is 0 Å². The molecule has 2 atom stereocenters. The Morgan fingerprint density at radius 3 is 2.15 bits per heavy atom. The Hall–Kier alpha value is -3.12. The van der Waals surface area contributed by atoms with Gasteiger partial charge in [-0.3, -0.25) is 0 Å². The maximum absolute atomic E-state index is 12.0. The van der Waals surface area contributed by atoms with Gasteiger partial charge in [0.05, 0.1) is 0 Å². The molecule has 134 valence electrons. The molecule has 6 nitrogen and oxygen atoms in total. The minimum absolute atomic E-state index is 0.0659. The highest BCUT2D eigenvalue weighted by Crippen LogP contribution is 2.44. The fraction of sp³-hybridized carbons (Fsp3) is 0.200. The van der Waals surface area contributed by atoms with E-state index in [9.17, 15) is 14.7 Å². The smallest absolute Gasteiger partial charge is 0.407 e. The van der Waals surface area contributed by atoms with Gasteiger partial charge < -0.3 is 20.3 Å². The van der Waals surface area contributed by atoms with Gasteiger partial charge in [0.2, 0.25) is 0 Å². The molecule has 6 heteroatoms. The zero-order valence-corrected chi connectivity index (χ0v) is 14.0. The molecule has 0 saturated heterocycles. The molecule has 0 saturated carbocycles. The van der Waals surface area contributed by atoms with E-state index in [1.54, 1.807) is 0 Å². The summed E-state index contributed by atoms with van der Waals surface area (Å²) in [6.07, 6.45) is -1.27. The summed E-state index contributed by atoms with van der Waals surface area (Å²) in [5, 5.41) is 20.9. The molecule has 3 rings (SSSR count). The second-order valence-electron chi connectivity index (χ2n) is 6.01. The van der Waals surface area contributed by atoms with Crippen LogP contribution in [-0.4, -0.2) is 41.0 Å². The van der Waals surface area contributed by atoms with Crippen LogP contribution in [0.1, 0.15) is 17.0 Å². The van der Waals surface area contributed by atoms with Crippen molar-refractivity contribution in [2.45, 2.75) is 18.1 Å². The van der Waals surface area contributed by atoms with Crippen molar-refractivity contribution in [3.05, 3.63) is 72.3 Å². The molecule has 1 amide bonds. The van der Waals surface area contributed by atoms with Crippen LogP contribution in [0.3, 0.4) is 0 Å². The lowest BCUT2D eigenvalue weighted by Crippen LogP contribution is -2.48. The van der Waals surface area contributed by atoms with Crippen LogP contribution < -0.4 is 5.32 Å². The summed E-state index contributed by atoms with van der Waals surface area (Å²) in [5.74, 6) is -1.49. The highest BCUT2D eigenvalue weighted by atomic mass is 16.5. The minimum Gasteiger partial charge on any atom is -0.480 e. The van der Waals surface area contributed by atoms with E-state index in [0.717, 1.165) is 28.3 Å². The standard InChI is InChI=1S/C20H19NO5/c1-2-17(22)18(19(23)24)21-20(25)26-11-16-14-9-5-3-7-12(14)13-8-4-6-10-15(13)16/h2-10,16-18,22H,1,11H2,(H,21,25)(H,23,24)/t17-,18+/m1/s1. The second-order valence-corrected chi connectivity index (χ2v) is 6.01. The lowest BCUT2D eigenvalue weighted by atomic mass is 9.98. The average Bonchev–Trinajstić information content (AvgIpc) is 2.97. The van der Waals surface area contributed by atoms with Gasteiger partial charge in [0.15, 0.2) is 6.04 Å². The number of amides is 1. The largest absolute Gasteiger partial charge is 0.480 e. The third-order valence-corrected chi connectivity index (χ3v) is 4.47. The number of carbonyl (C=O) groups is 2. The first-order chi connectivity index (χ1) is 12.5. The SMILES string of the molecule is C=C[C@@H](O)[C@H](NC(=O)OCC1c2ccccc2-c2ccccc21)C(=O)O. The van der Waals surface area contributed by atoms with Crippen molar-refractivity contribution in [3.63, 3.8) is 0 Å². The van der Waals surface area contributed by atoms with E-state index >= 15 is 0 Å². The molecule has 2 aromatic rings. The number of carboxylic acids is 1. The Morgan fingerprint density at radius 1 is 1.12 bits per heavy atom. The first-order valence-electron chi connectivity index (χ1n) is 8.18. The maximum atomic E-state index is 12.0. The predicted octanol–water partition coefficient (Wildman–Crippen LogP) is 2.53. The van der Waals surface area contributed by atoms with Gasteiger partial charge in [-0.1, -0.05) is 54.6 Å². The summed E-state index contributed by atoms with van der Waals surface area (Å²) < 4.78 is 5.26. The van der Waals surface area contributed by atoms with E-state index in [0.29, 0.717) is 0 Å². The maximum Gasteiger partial charge on any atom is 0.407 e. The molecular weight excluding hydrogens is 334 g/mol. The van der Waals surface area contributed by atoms with E-state index < -0.39 is 24.2 Å². The Morgan fingerprint density at radius 2 is 1.65 bits per heavy atom. The van der Waals surface area contributed by atoms with E-state index in [1.807, 2.05) is 48.5 Å². The highest BCUT2D eigenvalue weighted by Gasteiger charge is 2.30. The molecule has 0 unspecified atom stereocenters. The number of alkyl carbamates (subject to hydrolysis) is 1. The fourth-order valence-corrected chi connectivity index (χ4v) is 3.20. The number of aliphatic hydroxyl groups excluding tert-OH is 1.